The van der Waals surface area contributed by atoms with Gasteiger partial charge in [0, 0.05) is 23.8 Å². The fourth-order valence-electron chi connectivity index (χ4n) is 1.45. The second-order valence-electron chi connectivity index (χ2n) is 3.66. The third kappa shape index (κ3) is 2.96. The minimum Gasteiger partial charge on any atom is -0.370 e. The highest BCUT2D eigenvalue weighted by molar-refractivity contribution is 6.34. The van der Waals surface area contributed by atoms with Crippen molar-refractivity contribution in [1.82, 2.24) is 9.97 Å². The highest BCUT2D eigenvalue weighted by atomic mass is 35.5. The molecule has 0 radical (unpaired) electrons. The van der Waals surface area contributed by atoms with E-state index in [0.29, 0.717) is 11.6 Å². The molecule has 0 bridgehead atoms. The monoisotopic (exact) mass is 259 g/mol. The van der Waals surface area contributed by atoms with Crippen molar-refractivity contribution in [3.05, 3.63) is 35.2 Å². The summed E-state index contributed by atoms with van der Waals surface area (Å²) in [5.74, 6) is 5.48. The van der Waals surface area contributed by atoms with Crippen LogP contribution in [0, 0.1) is 11.8 Å². The minimum atomic E-state index is -0.348. The van der Waals surface area contributed by atoms with E-state index in [1.54, 1.807) is 0 Å². The largest absolute Gasteiger partial charge is 0.370 e. The lowest BCUT2D eigenvalue weighted by atomic mass is 10.1. The maximum atomic E-state index is 10.6. The van der Waals surface area contributed by atoms with Crippen LogP contribution in [0.1, 0.15) is 18.4 Å². The Hall–Kier alpha value is -2.12. The van der Waals surface area contributed by atoms with Gasteiger partial charge in [-0.2, -0.15) is 0 Å². The molecule has 2 aromatic rings. The highest BCUT2D eigenvalue weighted by Crippen LogP contribution is 2.19. The predicted molar refractivity (Wildman–Crippen MR) is 69.9 cm³/mol. The molecular formula is C13H10ClN3O. The molecule has 0 aliphatic carbocycles. The molecule has 90 valence electrons. The van der Waals surface area contributed by atoms with Crippen molar-refractivity contribution < 1.29 is 4.79 Å². The first-order chi connectivity index (χ1) is 8.66. The van der Waals surface area contributed by atoms with Crippen LogP contribution in [0.15, 0.2) is 24.5 Å². The van der Waals surface area contributed by atoms with E-state index in [2.05, 4.69) is 21.8 Å². The lowest BCUT2D eigenvalue weighted by molar-refractivity contribution is -0.117. The van der Waals surface area contributed by atoms with Crippen LogP contribution < -0.4 is 5.73 Å². The van der Waals surface area contributed by atoms with Gasteiger partial charge in [-0.05, 0) is 18.2 Å². The second kappa shape index (κ2) is 5.48. The van der Waals surface area contributed by atoms with E-state index in [1.807, 2.05) is 18.2 Å². The number of benzene rings is 1. The van der Waals surface area contributed by atoms with Gasteiger partial charge < -0.3 is 5.73 Å². The maximum Gasteiger partial charge on any atom is 0.218 e. The van der Waals surface area contributed by atoms with Crippen molar-refractivity contribution in [3.63, 3.8) is 0 Å². The zero-order chi connectivity index (χ0) is 13.0. The van der Waals surface area contributed by atoms with E-state index < -0.39 is 0 Å². The summed E-state index contributed by atoms with van der Waals surface area (Å²) in [6.45, 7) is 0. The first kappa shape index (κ1) is 12.3. The molecule has 18 heavy (non-hydrogen) atoms. The molecule has 2 N–H and O–H groups in total. The molecule has 0 atom stereocenters. The van der Waals surface area contributed by atoms with Crippen LogP contribution in [-0.4, -0.2) is 15.9 Å². The maximum absolute atomic E-state index is 10.6. The van der Waals surface area contributed by atoms with Crippen molar-refractivity contribution in [3.8, 4) is 11.8 Å². The summed E-state index contributed by atoms with van der Waals surface area (Å²) in [6, 6.07) is 5.51. The number of carbonyl (C=O) groups is 1. The van der Waals surface area contributed by atoms with Crippen molar-refractivity contribution in [2.75, 3.05) is 0 Å². The fraction of sp³-hybridized carbons (Fsp3) is 0.154. The second-order valence-corrected chi connectivity index (χ2v) is 4.02. The Morgan fingerprint density at radius 1 is 1.39 bits per heavy atom. The summed E-state index contributed by atoms with van der Waals surface area (Å²) in [7, 11) is 0. The highest BCUT2D eigenvalue weighted by Gasteiger charge is 2.01. The van der Waals surface area contributed by atoms with Crippen LogP contribution in [0.4, 0.5) is 0 Å². The number of carbonyl (C=O) groups excluding carboxylic acids is 1. The van der Waals surface area contributed by atoms with E-state index in [1.165, 1.54) is 6.33 Å². The van der Waals surface area contributed by atoms with Crippen LogP contribution in [0.5, 0.6) is 0 Å². The number of halogens is 1. The molecule has 1 heterocycles. The molecule has 0 unspecified atom stereocenters. The summed E-state index contributed by atoms with van der Waals surface area (Å²) in [5, 5.41) is 1.17. The van der Waals surface area contributed by atoms with Crippen LogP contribution in [0.2, 0.25) is 5.15 Å². The van der Waals surface area contributed by atoms with Gasteiger partial charge in [-0.15, -0.1) is 0 Å². The van der Waals surface area contributed by atoms with Crippen molar-refractivity contribution in [2.45, 2.75) is 12.8 Å². The molecule has 1 aromatic heterocycles. The lowest BCUT2D eigenvalue weighted by Crippen LogP contribution is -2.08. The van der Waals surface area contributed by atoms with Gasteiger partial charge in [-0.1, -0.05) is 23.4 Å². The molecule has 1 aromatic carbocycles. The molecule has 0 saturated heterocycles. The summed E-state index contributed by atoms with van der Waals surface area (Å²) in [6.07, 6.45) is 2.14. The predicted octanol–water partition coefficient (Wildman–Crippen LogP) is 1.90. The Morgan fingerprint density at radius 3 is 3.00 bits per heavy atom. The molecule has 2 rings (SSSR count). The van der Waals surface area contributed by atoms with Gasteiger partial charge in [0.25, 0.3) is 0 Å². The number of nitrogens with zero attached hydrogens (tertiary/aromatic N) is 2. The van der Waals surface area contributed by atoms with Gasteiger partial charge in [0.05, 0.1) is 5.52 Å². The third-order valence-corrected chi connectivity index (χ3v) is 2.62. The van der Waals surface area contributed by atoms with Crippen molar-refractivity contribution in [2.24, 2.45) is 5.73 Å². The summed E-state index contributed by atoms with van der Waals surface area (Å²) in [5.41, 5.74) is 6.61. The number of fused-ring (bicyclic) bond motifs is 1. The number of aromatic nitrogens is 2. The summed E-state index contributed by atoms with van der Waals surface area (Å²) >= 11 is 5.97. The molecule has 0 saturated carbocycles. The van der Waals surface area contributed by atoms with Gasteiger partial charge in [-0.25, -0.2) is 9.97 Å². The van der Waals surface area contributed by atoms with Crippen molar-refractivity contribution in [1.29, 1.82) is 0 Å². The number of hydrogen-bond acceptors (Lipinski definition) is 3. The van der Waals surface area contributed by atoms with Gasteiger partial charge in [-0.3, -0.25) is 4.79 Å². The van der Waals surface area contributed by atoms with Gasteiger partial charge in [0.15, 0.2) is 0 Å². The first-order valence-electron chi connectivity index (χ1n) is 5.34. The molecule has 0 aliphatic heterocycles. The van der Waals surface area contributed by atoms with E-state index in [4.69, 9.17) is 17.3 Å². The van der Waals surface area contributed by atoms with Crippen LogP contribution in [0.3, 0.4) is 0 Å². The Bertz CT molecular complexity index is 658. The number of nitrogens with two attached hydrogens (primary N) is 1. The molecule has 0 spiro atoms. The quantitative estimate of drug-likeness (QED) is 0.662. The van der Waals surface area contributed by atoms with Gasteiger partial charge in [0.2, 0.25) is 5.91 Å². The van der Waals surface area contributed by atoms with Gasteiger partial charge in [0.1, 0.15) is 11.5 Å². The van der Waals surface area contributed by atoms with E-state index in [9.17, 15) is 4.79 Å². The van der Waals surface area contributed by atoms with Crippen LogP contribution >= 0.6 is 11.6 Å². The normalized spacial score (nSPS) is 9.83. The molecular weight excluding hydrogens is 250 g/mol. The smallest absolute Gasteiger partial charge is 0.218 e. The lowest BCUT2D eigenvalue weighted by Gasteiger charge is -1.98. The SMILES string of the molecule is NC(=O)CCC#Cc1ccc2ncnc(Cl)c2c1. The molecule has 1 amide bonds. The Kier molecular flexibility index (Phi) is 3.75. The van der Waals surface area contributed by atoms with Crippen LogP contribution in [0.25, 0.3) is 10.9 Å². The zero-order valence-electron chi connectivity index (χ0n) is 9.48. The van der Waals surface area contributed by atoms with Crippen LogP contribution in [-0.2, 0) is 4.79 Å². The van der Waals surface area contributed by atoms with Gasteiger partial charge >= 0.3 is 0 Å². The number of primary amides is 1. The standard InChI is InChI=1S/C13H10ClN3O/c14-13-10-7-9(3-1-2-4-12(15)18)5-6-11(10)16-8-17-13/h5-8H,2,4H2,(H2,15,18). The Balaban J connectivity index is 2.24. The topological polar surface area (TPSA) is 68.9 Å². The number of rotatable bonds is 2. The summed E-state index contributed by atoms with van der Waals surface area (Å²) < 4.78 is 0. The molecule has 0 aliphatic rings. The molecule has 4 nitrogen and oxygen atoms in total. The Labute approximate surface area is 109 Å². The first-order valence-corrected chi connectivity index (χ1v) is 5.72. The number of hydrogen-bond donors (Lipinski definition) is 1. The van der Waals surface area contributed by atoms with E-state index in [0.717, 1.165) is 16.5 Å². The molecule has 0 fully saturated rings. The minimum absolute atomic E-state index is 0.268. The third-order valence-electron chi connectivity index (χ3n) is 2.32. The van der Waals surface area contributed by atoms with Crippen molar-refractivity contribution >= 4 is 28.4 Å². The Morgan fingerprint density at radius 2 is 2.22 bits per heavy atom. The van der Waals surface area contributed by atoms with E-state index >= 15 is 0 Å². The average molecular weight is 260 g/mol. The number of amides is 1. The summed E-state index contributed by atoms with van der Waals surface area (Å²) in [4.78, 5) is 18.6. The fourth-order valence-corrected chi connectivity index (χ4v) is 1.65. The zero-order valence-corrected chi connectivity index (χ0v) is 10.2. The van der Waals surface area contributed by atoms with E-state index in [-0.39, 0.29) is 12.3 Å². The molecule has 5 heteroatoms. The average Bonchev–Trinajstić information content (AvgIpc) is 2.35.